The molecule has 1 N–H and O–H groups in total. The molecule has 0 unspecified atom stereocenters. The normalized spacial score (nSPS) is 14.9. The van der Waals surface area contributed by atoms with Gasteiger partial charge in [-0.25, -0.2) is 4.79 Å². The fourth-order valence-corrected chi connectivity index (χ4v) is 2.77. The zero-order valence-electron chi connectivity index (χ0n) is 12.6. The van der Waals surface area contributed by atoms with Crippen LogP contribution in [0.3, 0.4) is 0 Å². The molecule has 0 aliphatic carbocycles. The minimum Gasteiger partial charge on any atom is -0.422 e. The van der Waals surface area contributed by atoms with Crippen molar-refractivity contribution in [1.82, 2.24) is 4.98 Å². The highest BCUT2D eigenvalue weighted by Gasteiger charge is 2.28. The van der Waals surface area contributed by atoms with Crippen LogP contribution < -0.4 is 4.90 Å². The molecule has 0 saturated carbocycles. The van der Waals surface area contributed by atoms with E-state index in [0.29, 0.717) is 16.0 Å². The Kier molecular flexibility index (Phi) is 3.58. The first-order valence-corrected chi connectivity index (χ1v) is 7.32. The summed E-state index contributed by atoms with van der Waals surface area (Å²) in [5.41, 5.74) is 4.18. The maximum Gasteiger partial charge on any atom is 0.347 e. The van der Waals surface area contributed by atoms with E-state index in [1.165, 1.54) is 0 Å². The third kappa shape index (κ3) is 2.55. The number of carbonyl (C=O) groups excluding carboxylic acids is 1. The summed E-state index contributed by atoms with van der Waals surface area (Å²) in [7, 11) is 3.99. The van der Waals surface area contributed by atoms with Gasteiger partial charge in [0.25, 0.3) is 0 Å². The van der Waals surface area contributed by atoms with Crippen LogP contribution in [0.1, 0.15) is 27.2 Å². The van der Waals surface area contributed by atoms with E-state index in [2.05, 4.69) is 4.98 Å². The Morgan fingerprint density at radius 3 is 2.55 bits per heavy atom. The van der Waals surface area contributed by atoms with E-state index >= 15 is 0 Å². The van der Waals surface area contributed by atoms with Crippen molar-refractivity contribution in [3.8, 4) is 0 Å². The van der Waals surface area contributed by atoms with Crippen LogP contribution >= 0.6 is 12.2 Å². The molecular formula is C17H16N2O2S. The van der Waals surface area contributed by atoms with E-state index < -0.39 is 5.97 Å². The van der Waals surface area contributed by atoms with Gasteiger partial charge in [-0.3, -0.25) is 0 Å². The Hall–Kier alpha value is -2.40. The van der Waals surface area contributed by atoms with Gasteiger partial charge in [0.1, 0.15) is 16.0 Å². The summed E-state index contributed by atoms with van der Waals surface area (Å²) in [6, 6.07) is 9.91. The maximum absolute atomic E-state index is 12.0. The molecule has 0 saturated heterocycles. The van der Waals surface area contributed by atoms with Crippen molar-refractivity contribution in [2.24, 2.45) is 0 Å². The number of cyclic esters (lactones) is 1. The number of pyridine rings is 1. The summed E-state index contributed by atoms with van der Waals surface area (Å²) in [6.45, 7) is 1.91. The number of esters is 1. The third-order valence-corrected chi connectivity index (χ3v) is 3.85. The number of benzene rings is 1. The molecule has 1 aromatic carbocycles. The van der Waals surface area contributed by atoms with Gasteiger partial charge >= 0.3 is 5.97 Å². The minimum absolute atomic E-state index is 0.396. The van der Waals surface area contributed by atoms with Crippen molar-refractivity contribution in [1.29, 1.82) is 0 Å². The lowest BCUT2D eigenvalue weighted by molar-refractivity contribution is 0.0716. The molecule has 2 aromatic rings. The van der Waals surface area contributed by atoms with Gasteiger partial charge in [0.05, 0.1) is 0 Å². The molecule has 0 bridgehead atoms. The van der Waals surface area contributed by atoms with Gasteiger partial charge in [-0.05, 0) is 36.8 Å². The van der Waals surface area contributed by atoms with Crippen molar-refractivity contribution in [2.75, 3.05) is 19.0 Å². The van der Waals surface area contributed by atoms with Crippen LogP contribution in [0.15, 0.2) is 30.3 Å². The highest BCUT2D eigenvalue weighted by atomic mass is 32.1. The molecule has 1 aliphatic rings. The topological polar surface area (TPSA) is 45.3 Å². The number of aromatic nitrogens is 1. The molecule has 0 amide bonds. The Morgan fingerprint density at radius 1 is 1.23 bits per heavy atom. The zero-order valence-corrected chi connectivity index (χ0v) is 13.5. The average Bonchev–Trinajstić information content (AvgIpc) is 2.75. The van der Waals surface area contributed by atoms with Crippen molar-refractivity contribution in [3.05, 3.63) is 57.4 Å². The van der Waals surface area contributed by atoms with Crippen molar-refractivity contribution in [3.63, 3.8) is 0 Å². The molecule has 5 heteroatoms. The number of anilines is 1. The second-order valence-corrected chi connectivity index (χ2v) is 5.86. The molecule has 0 radical (unpaired) electrons. The van der Waals surface area contributed by atoms with Gasteiger partial charge in [-0.2, -0.15) is 0 Å². The van der Waals surface area contributed by atoms with E-state index in [9.17, 15) is 4.79 Å². The van der Waals surface area contributed by atoms with Crippen LogP contribution in [0, 0.1) is 11.6 Å². The lowest BCUT2D eigenvalue weighted by Gasteiger charge is -2.11. The molecule has 4 nitrogen and oxygen atoms in total. The summed E-state index contributed by atoms with van der Waals surface area (Å²) in [4.78, 5) is 17.0. The number of carbonyl (C=O) groups is 1. The van der Waals surface area contributed by atoms with E-state index in [0.717, 1.165) is 22.5 Å². The summed E-state index contributed by atoms with van der Waals surface area (Å²) in [5, 5.41) is 0. The van der Waals surface area contributed by atoms with E-state index in [1.54, 1.807) is 0 Å². The average molecular weight is 312 g/mol. The van der Waals surface area contributed by atoms with E-state index in [1.807, 2.05) is 62.3 Å². The lowest BCUT2D eigenvalue weighted by Crippen LogP contribution is -2.07. The number of nitrogens with zero attached hydrogens (tertiary/aromatic N) is 1. The molecule has 3 rings (SSSR count). The Morgan fingerprint density at radius 2 is 1.91 bits per heavy atom. The highest BCUT2D eigenvalue weighted by molar-refractivity contribution is 7.71. The quantitative estimate of drug-likeness (QED) is 0.677. The van der Waals surface area contributed by atoms with Crippen LogP contribution in [-0.4, -0.2) is 25.0 Å². The number of hydrogen-bond acceptors (Lipinski definition) is 4. The van der Waals surface area contributed by atoms with Crippen molar-refractivity contribution >= 4 is 35.7 Å². The molecule has 112 valence electrons. The number of fused-ring (bicyclic) bond motifs is 1. The molecule has 22 heavy (non-hydrogen) atoms. The predicted octanol–water partition coefficient (Wildman–Crippen LogP) is 3.79. The molecule has 0 atom stereocenters. The van der Waals surface area contributed by atoms with Crippen LogP contribution in [0.25, 0.3) is 11.8 Å². The Labute approximate surface area is 134 Å². The molecule has 0 spiro atoms. The van der Waals surface area contributed by atoms with Gasteiger partial charge in [0.15, 0.2) is 0 Å². The first-order chi connectivity index (χ1) is 10.5. The molecule has 0 fully saturated rings. The number of rotatable bonds is 2. The van der Waals surface area contributed by atoms with Crippen molar-refractivity contribution in [2.45, 2.75) is 6.92 Å². The van der Waals surface area contributed by atoms with Gasteiger partial charge in [-0.15, -0.1) is 0 Å². The van der Waals surface area contributed by atoms with Crippen LogP contribution in [-0.2, 0) is 4.74 Å². The minimum atomic E-state index is -0.396. The summed E-state index contributed by atoms with van der Waals surface area (Å²) >= 11 is 5.22. The fraction of sp³-hybridized carbons (Fsp3) is 0.176. The molecular weight excluding hydrogens is 296 g/mol. The van der Waals surface area contributed by atoms with Crippen LogP contribution in [0.4, 0.5) is 5.69 Å². The number of aromatic amines is 1. The first kappa shape index (κ1) is 14.5. The standard InChI is InChI=1S/C17H16N2O2S/c1-10-8-13-14(21-17(20)15(13)16(22)18-10)9-11-4-6-12(7-5-11)19(2)3/h4-9H,1-3H3,(H,18,22)/b14-9-. The summed E-state index contributed by atoms with van der Waals surface area (Å²) < 4.78 is 5.80. The smallest absolute Gasteiger partial charge is 0.347 e. The summed E-state index contributed by atoms with van der Waals surface area (Å²) in [6.07, 6.45) is 1.86. The Bertz CT molecular complexity index is 833. The monoisotopic (exact) mass is 312 g/mol. The fourth-order valence-electron chi connectivity index (χ4n) is 2.42. The number of ether oxygens (including phenoxy) is 1. The third-order valence-electron chi connectivity index (χ3n) is 3.55. The number of nitrogens with one attached hydrogen (secondary N) is 1. The number of hydrogen-bond donors (Lipinski definition) is 1. The van der Waals surface area contributed by atoms with Gasteiger partial charge in [0.2, 0.25) is 0 Å². The second-order valence-electron chi connectivity index (χ2n) is 5.45. The van der Waals surface area contributed by atoms with Gasteiger partial charge in [-0.1, -0.05) is 24.4 Å². The lowest BCUT2D eigenvalue weighted by atomic mass is 10.1. The van der Waals surface area contributed by atoms with Crippen LogP contribution in [0.5, 0.6) is 0 Å². The van der Waals surface area contributed by atoms with Gasteiger partial charge < -0.3 is 14.6 Å². The van der Waals surface area contributed by atoms with E-state index in [-0.39, 0.29) is 0 Å². The number of H-pyrrole nitrogens is 1. The van der Waals surface area contributed by atoms with E-state index in [4.69, 9.17) is 17.0 Å². The van der Waals surface area contributed by atoms with Crippen molar-refractivity contribution < 1.29 is 9.53 Å². The molecule has 1 aliphatic heterocycles. The summed E-state index contributed by atoms with van der Waals surface area (Å²) in [5.74, 6) is 0.146. The largest absolute Gasteiger partial charge is 0.422 e. The molecule has 2 heterocycles. The maximum atomic E-state index is 12.0. The van der Waals surface area contributed by atoms with Gasteiger partial charge in [0, 0.05) is 31.0 Å². The predicted molar refractivity (Wildman–Crippen MR) is 90.4 cm³/mol. The Balaban J connectivity index is 2.04. The first-order valence-electron chi connectivity index (χ1n) is 6.91. The number of aryl methyl sites for hydroxylation is 1. The SMILES string of the molecule is Cc1cc2c(c(=S)[nH]1)C(=O)O/C2=C\c1ccc(N(C)C)cc1. The highest BCUT2D eigenvalue weighted by Crippen LogP contribution is 2.32. The second kappa shape index (κ2) is 5.42. The molecule has 1 aromatic heterocycles. The van der Waals surface area contributed by atoms with Crippen LogP contribution in [0.2, 0.25) is 0 Å². The zero-order chi connectivity index (χ0) is 15.9.